The summed E-state index contributed by atoms with van der Waals surface area (Å²) < 4.78 is 8.48. The first-order chi connectivity index (χ1) is 10.3. The third kappa shape index (κ3) is 1.82. The van der Waals surface area contributed by atoms with Crippen LogP contribution < -0.4 is 0 Å². The molecule has 0 amide bonds. The predicted molar refractivity (Wildman–Crippen MR) is 80.6 cm³/mol. The predicted octanol–water partition coefficient (Wildman–Crippen LogP) is 3.78. The monoisotopic (exact) mass is 338 g/mol. The molecule has 0 aliphatic heterocycles. The third-order valence-corrected chi connectivity index (χ3v) is 3.75. The summed E-state index contributed by atoms with van der Waals surface area (Å²) in [5.41, 5.74) is 2.52. The number of fused-ring (bicyclic) bond motifs is 2. The van der Waals surface area contributed by atoms with Crippen LogP contribution in [0.1, 0.15) is 5.56 Å². The molecule has 0 fully saturated rings. The smallest absolute Gasteiger partial charge is 0.173 e. The summed E-state index contributed by atoms with van der Waals surface area (Å²) in [6.45, 7) is 0. The van der Waals surface area contributed by atoms with Crippen molar-refractivity contribution in [3.63, 3.8) is 0 Å². The molecule has 0 saturated carbocycles. The second-order valence-corrected chi connectivity index (χ2v) is 5.44. The quantitative estimate of drug-likeness (QED) is 0.529. The highest BCUT2D eigenvalue weighted by atomic mass is 79.9. The number of aromatic nitrogens is 3. The van der Waals surface area contributed by atoms with E-state index in [2.05, 4.69) is 32.1 Å². The van der Waals surface area contributed by atoms with Gasteiger partial charge in [-0.15, -0.1) is 0 Å². The normalized spacial score (nSPS) is 11.0. The lowest BCUT2D eigenvalue weighted by Crippen LogP contribution is -1.94. The van der Waals surface area contributed by atoms with Crippen molar-refractivity contribution in [2.75, 3.05) is 0 Å². The largest absolute Gasteiger partial charge is 0.454 e. The molecule has 3 heterocycles. The molecule has 1 aromatic carbocycles. The Morgan fingerprint density at radius 2 is 2.14 bits per heavy atom. The van der Waals surface area contributed by atoms with E-state index in [1.165, 1.54) is 6.20 Å². The minimum absolute atomic E-state index is 0.440. The van der Waals surface area contributed by atoms with Crippen LogP contribution in [-0.4, -0.2) is 14.6 Å². The third-order valence-electron chi connectivity index (χ3n) is 3.25. The Labute approximate surface area is 127 Å². The summed E-state index contributed by atoms with van der Waals surface area (Å²) in [6, 6.07) is 11.7. The summed E-state index contributed by atoms with van der Waals surface area (Å²) in [4.78, 5) is 4.19. The maximum atomic E-state index is 9.06. The lowest BCUT2D eigenvalue weighted by molar-refractivity contribution is 0.625. The van der Waals surface area contributed by atoms with Crippen molar-refractivity contribution in [2.45, 2.75) is 0 Å². The molecule has 4 aromatic rings. The van der Waals surface area contributed by atoms with Crippen LogP contribution in [0.25, 0.3) is 28.1 Å². The van der Waals surface area contributed by atoms with E-state index in [4.69, 9.17) is 9.68 Å². The fourth-order valence-electron chi connectivity index (χ4n) is 2.30. The summed E-state index contributed by atoms with van der Waals surface area (Å²) >= 11 is 3.45. The average Bonchev–Trinajstić information content (AvgIpc) is 3.09. The van der Waals surface area contributed by atoms with Crippen LogP contribution in [-0.2, 0) is 0 Å². The van der Waals surface area contributed by atoms with Gasteiger partial charge in [0, 0.05) is 16.1 Å². The molecule has 0 saturated heterocycles. The molecular weight excluding hydrogens is 332 g/mol. The Morgan fingerprint density at radius 3 is 3.00 bits per heavy atom. The molecule has 21 heavy (non-hydrogen) atoms. The van der Waals surface area contributed by atoms with Gasteiger partial charge in [0.2, 0.25) is 0 Å². The number of nitriles is 1. The number of halogens is 1. The van der Waals surface area contributed by atoms with Crippen molar-refractivity contribution in [1.82, 2.24) is 14.6 Å². The highest BCUT2D eigenvalue weighted by Gasteiger charge is 2.13. The average molecular weight is 339 g/mol. The van der Waals surface area contributed by atoms with Gasteiger partial charge < -0.3 is 4.42 Å². The number of hydrogen-bond donors (Lipinski definition) is 0. The number of nitrogens with zero attached hydrogens (tertiary/aromatic N) is 4. The zero-order valence-electron chi connectivity index (χ0n) is 10.6. The topological polar surface area (TPSA) is 67.1 Å². The summed E-state index contributed by atoms with van der Waals surface area (Å²) in [5, 5.41) is 14.3. The van der Waals surface area contributed by atoms with Crippen LogP contribution in [0.4, 0.5) is 0 Å². The fourth-order valence-corrected chi connectivity index (χ4v) is 2.68. The maximum Gasteiger partial charge on any atom is 0.173 e. The Morgan fingerprint density at radius 1 is 1.24 bits per heavy atom. The van der Waals surface area contributed by atoms with Crippen molar-refractivity contribution in [2.24, 2.45) is 0 Å². The molecule has 0 atom stereocenters. The molecular formula is C15H7BrN4O. The molecule has 0 spiro atoms. The van der Waals surface area contributed by atoms with Gasteiger partial charge in [-0.25, -0.2) is 9.50 Å². The Hall–Kier alpha value is -2.65. The zero-order valence-corrected chi connectivity index (χ0v) is 12.2. The second kappa shape index (κ2) is 4.43. The van der Waals surface area contributed by atoms with E-state index in [1.54, 1.807) is 10.7 Å². The standard InChI is InChI=1S/C15H7BrN4O/c16-11-1-2-13-9(5-11)6-14(21-13)12-3-4-18-15-10(7-17)8-19-20(12)15/h1-6,8H. The number of benzene rings is 1. The van der Waals surface area contributed by atoms with E-state index in [-0.39, 0.29) is 0 Å². The molecule has 100 valence electrons. The van der Waals surface area contributed by atoms with Gasteiger partial charge in [0.15, 0.2) is 11.4 Å². The Balaban J connectivity index is 2.00. The van der Waals surface area contributed by atoms with E-state index >= 15 is 0 Å². The van der Waals surface area contributed by atoms with Crippen LogP contribution in [0.15, 0.2) is 51.6 Å². The summed E-state index contributed by atoms with van der Waals surface area (Å²) in [7, 11) is 0. The number of hydrogen-bond acceptors (Lipinski definition) is 4. The molecule has 0 aliphatic rings. The van der Waals surface area contributed by atoms with Crippen LogP contribution in [0.2, 0.25) is 0 Å². The Kier molecular flexibility index (Phi) is 2.56. The van der Waals surface area contributed by atoms with Crippen LogP contribution >= 0.6 is 15.9 Å². The van der Waals surface area contributed by atoms with Crippen LogP contribution in [0.3, 0.4) is 0 Å². The first kappa shape index (κ1) is 12.1. The molecule has 0 unspecified atom stereocenters. The highest BCUT2D eigenvalue weighted by Crippen LogP contribution is 2.29. The van der Waals surface area contributed by atoms with Crippen molar-refractivity contribution in [3.05, 3.63) is 52.8 Å². The lowest BCUT2D eigenvalue weighted by atomic mass is 10.2. The van der Waals surface area contributed by atoms with Gasteiger partial charge in [-0.05, 0) is 30.3 Å². The number of rotatable bonds is 1. The first-order valence-corrected chi connectivity index (χ1v) is 6.98. The minimum Gasteiger partial charge on any atom is -0.454 e. The fraction of sp³-hybridized carbons (Fsp3) is 0. The molecule has 0 radical (unpaired) electrons. The van der Waals surface area contributed by atoms with Gasteiger partial charge in [-0.2, -0.15) is 10.4 Å². The van der Waals surface area contributed by atoms with E-state index in [1.807, 2.05) is 30.3 Å². The molecule has 5 nitrogen and oxygen atoms in total. The molecule has 0 bridgehead atoms. The van der Waals surface area contributed by atoms with Gasteiger partial charge in [0.05, 0.1) is 6.20 Å². The SMILES string of the molecule is N#Cc1cnn2c(-c3cc4cc(Br)ccc4o3)ccnc12. The Bertz CT molecular complexity index is 1030. The minimum atomic E-state index is 0.440. The molecule has 6 heteroatoms. The van der Waals surface area contributed by atoms with Crippen molar-refractivity contribution in [1.29, 1.82) is 5.26 Å². The van der Waals surface area contributed by atoms with Gasteiger partial charge in [0.1, 0.15) is 22.9 Å². The van der Waals surface area contributed by atoms with Crippen molar-refractivity contribution >= 4 is 32.5 Å². The molecule has 0 N–H and O–H groups in total. The van der Waals surface area contributed by atoms with Crippen LogP contribution in [0.5, 0.6) is 0 Å². The van der Waals surface area contributed by atoms with E-state index < -0.39 is 0 Å². The van der Waals surface area contributed by atoms with E-state index in [0.29, 0.717) is 17.0 Å². The van der Waals surface area contributed by atoms with E-state index in [0.717, 1.165) is 21.1 Å². The van der Waals surface area contributed by atoms with Crippen LogP contribution in [0, 0.1) is 11.3 Å². The van der Waals surface area contributed by atoms with Crippen molar-refractivity contribution < 1.29 is 4.42 Å². The highest BCUT2D eigenvalue weighted by molar-refractivity contribution is 9.10. The zero-order chi connectivity index (χ0) is 14.4. The van der Waals surface area contributed by atoms with Gasteiger partial charge >= 0.3 is 0 Å². The molecule has 4 rings (SSSR count). The summed E-state index contributed by atoms with van der Waals surface area (Å²) in [5.74, 6) is 0.683. The second-order valence-electron chi connectivity index (χ2n) is 4.53. The van der Waals surface area contributed by atoms with Gasteiger partial charge in [-0.3, -0.25) is 0 Å². The molecule has 3 aromatic heterocycles. The van der Waals surface area contributed by atoms with Gasteiger partial charge in [0.25, 0.3) is 0 Å². The maximum absolute atomic E-state index is 9.06. The van der Waals surface area contributed by atoms with E-state index in [9.17, 15) is 0 Å². The van der Waals surface area contributed by atoms with Crippen molar-refractivity contribution in [3.8, 4) is 17.5 Å². The molecule has 0 aliphatic carbocycles. The first-order valence-electron chi connectivity index (χ1n) is 6.18. The van der Waals surface area contributed by atoms with Gasteiger partial charge in [-0.1, -0.05) is 15.9 Å². The summed E-state index contributed by atoms with van der Waals surface area (Å²) in [6.07, 6.45) is 3.15. The number of furan rings is 1. The lowest BCUT2D eigenvalue weighted by Gasteiger charge is -2.00.